The Hall–Kier alpha value is -0.600. The van der Waals surface area contributed by atoms with Gasteiger partial charge in [-0.2, -0.15) is 0 Å². The quantitative estimate of drug-likeness (QED) is 0.741. The first-order valence-electron chi connectivity index (χ1n) is 7.31. The maximum atomic E-state index is 5.45. The largest absolute Gasteiger partial charge is 0.379 e. The minimum atomic E-state index is 0.294. The SMILES string of the molecule is CCCC(C)C1(CN2CCOCC2)C=CC=[C]C1. The van der Waals surface area contributed by atoms with Gasteiger partial charge in [0.15, 0.2) is 0 Å². The van der Waals surface area contributed by atoms with E-state index in [4.69, 9.17) is 4.74 Å². The van der Waals surface area contributed by atoms with Crippen molar-refractivity contribution in [1.29, 1.82) is 0 Å². The molecule has 1 saturated heterocycles. The van der Waals surface area contributed by atoms with Crippen LogP contribution in [0.3, 0.4) is 0 Å². The standard InChI is InChI=1S/C16H26NO/c1-3-7-15(2)16(8-5-4-6-9-16)14-17-10-12-18-13-11-17/h4-5,8,15H,3,7,9-14H2,1-2H3. The average Bonchev–Trinajstić information content (AvgIpc) is 2.41. The maximum Gasteiger partial charge on any atom is 0.0594 e. The number of hydrogen-bond donors (Lipinski definition) is 0. The van der Waals surface area contributed by atoms with Gasteiger partial charge in [0.05, 0.1) is 13.2 Å². The molecule has 2 rings (SSSR count). The van der Waals surface area contributed by atoms with E-state index in [1.807, 2.05) is 0 Å². The third-order valence-electron chi connectivity index (χ3n) is 4.40. The molecule has 2 unspecified atom stereocenters. The summed E-state index contributed by atoms with van der Waals surface area (Å²) in [5.41, 5.74) is 0.294. The molecule has 0 N–H and O–H groups in total. The summed E-state index contributed by atoms with van der Waals surface area (Å²) in [5, 5.41) is 0. The molecule has 2 heteroatoms. The van der Waals surface area contributed by atoms with Crippen molar-refractivity contribution in [3.05, 3.63) is 24.3 Å². The molecule has 0 saturated carbocycles. The molecule has 1 heterocycles. The molecule has 1 fully saturated rings. The van der Waals surface area contributed by atoms with Crippen molar-refractivity contribution in [2.45, 2.75) is 33.1 Å². The second-order valence-electron chi connectivity index (χ2n) is 5.72. The van der Waals surface area contributed by atoms with E-state index in [-0.39, 0.29) is 0 Å². The molecule has 2 aliphatic rings. The molecule has 2 atom stereocenters. The lowest BCUT2D eigenvalue weighted by molar-refractivity contribution is 0.0136. The summed E-state index contributed by atoms with van der Waals surface area (Å²) in [5.74, 6) is 0.725. The predicted octanol–water partition coefficient (Wildman–Crippen LogP) is 3.06. The van der Waals surface area contributed by atoms with Crippen molar-refractivity contribution in [3.63, 3.8) is 0 Å². The van der Waals surface area contributed by atoms with Gasteiger partial charge in [0.1, 0.15) is 0 Å². The minimum absolute atomic E-state index is 0.294. The Labute approximate surface area is 112 Å². The van der Waals surface area contributed by atoms with Crippen LogP contribution in [0, 0.1) is 17.4 Å². The summed E-state index contributed by atoms with van der Waals surface area (Å²) in [6.07, 6.45) is 13.8. The van der Waals surface area contributed by atoms with E-state index in [9.17, 15) is 0 Å². The van der Waals surface area contributed by atoms with Gasteiger partial charge in [-0.15, -0.1) is 0 Å². The molecular formula is C16H26NO. The fourth-order valence-electron chi connectivity index (χ4n) is 3.11. The molecule has 2 nitrogen and oxygen atoms in total. The van der Waals surface area contributed by atoms with E-state index >= 15 is 0 Å². The zero-order valence-corrected chi connectivity index (χ0v) is 11.8. The zero-order chi connectivity index (χ0) is 12.8. The summed E-state index contributed by atoms with van der Waals surface area (Å²) in [6.45, 7) is 9.79. The second kappa shape index (κ2) is 6.53. The predicted molar refractivity (Wildman–Crippen MR) is 75.3 cm³/mol. The van der Waals surface area contributed by atoms with Gasteiger partial charge in [-0.05, 0) is 18.4 Å². The highest BCUT2D eigenvalue weighted by Gasteiger charge is 2.35. The summed E-state index contributed by atoms with van der Waals surface area (Å²) < 4.78 is 5.45. The highest BCUT2D eigenvalue weighted by molar-refractivity contribution is 5.16. The molecule has 101 valence electrons. The van der Waals surface area contributed by atoms with Gasteiger partial charge in [0, 0.05) is 25.0 Å². The summed E-state index contributed by atoms with van der Waals surface area (Å²) in [7, 11) is 0. The lowest BCUT2D eigenvalue weighted by Gasteiger charge is -2.42. The molecule has 0 aromatic rings. The van der Waals surface area contributed by atoms with Crippen molar-refractivity contribution >= 4 is 0 Å². The zero-order valence-electron chi connectivity index (χ0n) is 11.8. The first-order valence-corrected chi connectivity index (χ1v) is 7.31. The van der Waals surface area contributed by atoms with Crippen LogP contribution in [0.2, 0.25) is 0 Å². The normalized spacial score (nSPS) is 30.6. The third-order valence-corrected chi connectivity index (χ3v) is 4.40. The minimum Gasteiger partial charge on any atom is -0.379 e. The molecule has 0 amide bonds. The maximum absolute atomic E-state index is 5.45. The number of ether oxygens (including phenoxy) is 1. The fraction of sp³-hybridized carbons (Fsp3) is 0.750. The fourth-order valence-corrected chi connectivity index (χ4v) is 3.11. The molecule has 0 bridgehead atoms. The van der Waals surface area contributed by atoms with Gasteiger partial charge in [-0.25, -0.2) is 0 Å². The Balaban J connectivity index is 2.04. The number of nitrogens with zero attached hydrogens (tertiary/aromatic N) is 1. The molecule has 1 aliphatic heterocycles. The van der Waals surface area contributed by atoms with Gasteiger partial charge >= 0.3 is 0 Å². The lowest BCUT2D eigenvalue weighted by atomic mass is 9.69. The van der Waals surface area contributed by atoms with Crippen LogP contribution in [0.1, 0.15) is 33.1 Å². The highest BCUT2D eigenvalue weighted by Crippen LogP contribution is 2.39. The smallest absolute Gasteiger partial charge is 0.0594 e. The van der Waals surface area contributed by atoms with Crippen LogP contribution in [0.15, 0.2) is 18.2 Å². The molecule has 0 spiro atoms. The van der Waals surface area contributed by atoms with Gasteiger partial charge in [0.25, 0.3) is 0 Å². The first kappa shape index (κ1) is 13.8. The van der Waals surface area contributed by atoms with E-state index in [0.717, 1.165) is 45.2 Å². The van der Waals surface area contributed by atoms with Crippen LogP contribution in [0.4, 0.5) is 0 Å². The second-order valence-corrected chi connectivity index (χ2v) is 5.72. The van der Waals surface area contributed by atoms with Crippen LogP contribution < -0.4 is 0 Å². The number of morpholine rings is 1. The number of hydrogen-bond acceptors (Lipinski definition) is 2. The third kappa shape index (κ3) is 3.24. The van der Waals surface area contributed by atoms with E-state index in [2.05, 4.69) is 43.1 Å². The molecular weight excluding hydrogens is 222 g/mol. The Kier molecular flexibility index (Phi) is 5.02. The Morgan fingerprint density at radius 3 is 2.78 bits per heavy atom. The van der Waals surface area contributed by atoms with Crippen molar-refractivity contribution in [3.8, 4) is 0 Å². The molecule has 0 aromatic heterocycles. The van der Waals surface area contributed by atoms with Crippen LogP contribution in [0.25, 0.3) is 0 Å². The van der Waals surface area contributed by atoms with Gasteiger partial charge in [0.2, 0.25) is 0 Å². The summed E-state index contributed by atoms with van der Waals surface area (Å²) in [4.78, 5) is 2.56. The van der Waals surface area contributed by atoms with Crippen molar-refractivity contribution < 1.29 is 4.74 Å². The Bertz CT molecular complexity index is 304. The van der Waals surface area contributed by atoms with Crippen molar-refractivity contribution in [2.24, 2.45) is 11.3 Å². The molecule has 1 radical (unpaired) electrons. The van der Waals surface area contributed by atoms with Crippen LogP contribution in [-0.2, 0) is 4.74 Å². The van der Waals surface area contributed by atoms with Crippen LogP contribution in [-0.4, -0.2) is 37.7 Å². The number of allylic oxidation sites excluding steroid dienone is 3. The van der Waals surface area contributed by atoms with Crippen LogP contribution in [0.5, 0.6) is 0 Å². The molecule has 0 aromatic carbocycles. The van der Waals surface area contributed by atoms with E-state index < -0.39 is 0 Å². The lowest BCUT2D eigenvalue weighted by Crippen LogP contribution is -2.45. The summed E-state index contributed by atoms with van der Waals surface area (Å²) in [6, 6.07) is 0. The van der Waals surface area contributed by atoms with E-state index in [1.54, 1.807) is 0 Å². The topological polar surface area (TPSA) is 12.5 Å². The van der Waals surface area contributed by atoms with Gasteiger partial charge in [-0.3, -0.25) is 4.90 Å². The van der Waals surface area contributed by atoms with E-state index in [0.29, 0.717) is 5.41 Å². The first-order chi connectivity index (χ1) is 8.77. The van der Waals surface area contributed by atoms with Gasteiger partial charge in [-0.1, -0.05) is 44.9 Å². The van der Waals surface area contributed by atoms with Gasteiger partial charge < -0.3 is 4.74 Å². The van der Waals surface area contributed by atoms with Crippen LogP contribution >= 0.6 is 0 Å². The average molecular weight is 248 g/mol. The Morgan fingerprint density at radius 1 is 1.39 bits per heavy atom. The highest BCUT2D eigenvalue weighted by atomic mass is 16.5. The number of rotatable bonds is 5. The Morgan fingerprint density at radius 2 is 2.17 bits per heavy atom. The van der Waals surface area contributed by atoms with Crippen molar-refractivity contribution in [1.82, 2.24) is 4.90 Å². The van der Waals surface area contributed by atoms with Crippen molar-refractivity contribution in [2.75, 3.05) is 32.8 Å². The monoisotopic (exact) mass is 248 g/mol. The summed E-state index contributed by atoms with van der Waals surface area (Å²) >= 11 is 0. The van der Waals surface area contributed by atoms with E-state index in [1.165, 1.54) is 12.8 Å². The molecule has 18 heavy (non-hydrogen) atoms. The molecule has 1 aliphatic carbocycles.